The number of benzene rings is 2. The molecule has 0 saturated carbocycles. The predicted octanol–water partition coefficient (Wildman–Crippen LogP) is 3.93. The van der Waals surface area contributed by atoms with Gasteiger partial charge in [0, 0.05) is 25.3 Å². The van der Waals surface area contributed by atoms with E-state index in [1.54, 1.807) is 24.1 Å². The van der Waals surface area contributed by atoms with Gasteiger partial charge in [0.2, 0.25) is 10.0 Å². The number of carbonyl (C=O) groups excluding carboxylic acids is 1. The minimum absolute atomic E-state index is 0.0807. The molecular formula is C26H31N3O6S2. The van der Waals surface area contributed by atoms with Gasteiger partial charge in [-0.3, -0.25) is 9.69 Å². The van der Waals surface area contributed by atoms with Crippen LogP contribution in [-0.4, -0.2) is 75.3 Å². The highest BCUT2D eigenvalue weighted by molar-refractivity contribution is 7.89. The minimum atomic E-state index is -3.70. The number of hydrogen-bond donors (Lipinski definition) is 0. The molecule has 2 saturated heterocycles. The van der Waals surface area contributed by atoms with Gasteiger partial charge >= 0.3 is 0 Å². The van der Waals surface area contributed by atoms with Gasteiger partial charge in [0.25, 0.3) is 5.91 Å². The maximum atomic E-state index is 13.7. The van der Waals surface area contributed by atoms with E-state index in [9.17, 15) is 13.2 Å². The van der Waals surface area contributed by atoms with Crippen molar-refractivity contribution in [2.45, 2.75) is 49.9 Å². The number of amides is 1. The topological polar surface area (TPSA) is 98.3 Å². The van der Waals surface area contributed by atoms with Crippen molar-refractivity contribution < 1.29 is 27.4 Å². The second-order valence-corrected chi connectivity index (χ2v) is 12.4. The molecule has 0 aliphatic carbocycles. The van der Waals surface area contributed by atoms with Gasteiger partial charge in [0.15, 0.2) is 5.13 Å². The molecular weight excluding hydrogens is 514 g/mol. The summed E-state index contributed by atoms with van der Waals surface area (Å²) in [6, 6.07) is 11.8. The van der Waals surface area contributed by atoms with Crippen molar-refractivity contribution in [2.75, 3.05) is 38.3 Å². The highest BCUT2D eigenvalue weighted by Gasteiger charge is 2.33. The summed E-state index contributed by atoms with van der Waals surface area (Å²) in [5, 5.41) is 0.549. The van der Waals surface area contributed by atoms with Crippen LogP contribution in [0.5, 0.6) is 5.75 Å². The summed E-state index contributed by atoms with van der Waals surface area (Å²) in [4.78, 5) is 20.3. The van der Waals surface area contributed by atoms with Crippen molar-refractivity contribution in [1.82, 2.24) is 9.29 Å². The van der Waals surface area contributed by atoms with Crippen LogP contribution in [0.25, 0.3) is 10.2 Å². The van der Waals surface area contributed by atoms with Gasteiger partial charge in [-0.25, -0.2) is 13.4 Å². The summed E-state index contributed by atoms with van der Waals surface area (Å²) in [7, 11) is -2.11. The van der Waals surface area contributed by atoms with Crippen molar-refractivity contribution in [3.63, 3.8) is 0 Å². The molecule has 3 heterocycles. The van der Waals surface area contributed by atoms with Crippen LogP contribution in [0, 0.1) is 0 Å². The summed E-state index contributed by atoms with van der Waals surface area (Å²) in [5.41, 5.74) is 1.08. The number of ether oxygens (including phenoxy) is 3. The second-order valence-electron chi connectivity index (χ2n) is 9.46. The molecule has 3 unspecified atom stereocenters. The number of carbonyl (C=O) groups is 1. The molecule has 0 bridgehead atoms. The first kappa shape index (κ1) is 26.1. The van der Waals surface area contributed by atoms with Crippen molar-refractivity contribution in [3.8, 4) is 5.75 Å². The van der Waals surface area contributed by atoms with E-state index in [1.807, 2.05) is 32.0 Å². The number of rotatable bonds is 7. The normalized spacial score (nSPS) is 22.8. The lowest BCUT2D eigenvalue weighted by Crippen LogP contribution is -2.48. The molecule has 11 heteroatoms. The van der Waals surface area contributed by atoms with E-state index in [0.717, 1.165) is 17.5 Å². The second kappa shape index (κ2) is 10.7. The SMILES string of the molecule is COc1cccc2sc(N(CC3CCCO3)C(=O)c3ccc(S(=O)(=O)N4CC(C)OC(C)C4)cc3)nc12. The van der Waals surface area contributed by atoms with Crippen LogP contribution < -0.4 is 9.64 Å². The molecule has 3 atom stereocenters. The number of thiazole rings is 1. The van der Waals surface area contributed by atoms with Gasteiger partial charge < -0.3 is 14.2 Å². The van der Waals surface area contributed by atoms with Crippen LogP contribution in [0.3, 0.4) is 0 Å². The van der Waals surface area contributed by atoms with Crippen LogP contribution in [0.4, 0.5) is 5.13 Å². The fourth-order valence-electron chi connectivity index (χ4n) is 4.83. The average Bonchev–Trinajstić information content (AvgIpc) is 3.56. The third-order valence-electron chi connectivity index (χ3n) is 6.60. The van der Waals surface area contributed by atoms with Crippen molar-refractivity contribution in [3.05, 3.63) is 48.0 Å². The average molecular weight is 546 g/mol. The van der Waals surface area contributed by atoms with E-state index in [1.165, 1.54) is 27.8 Å². The third-order valence-corrected chi connectivity index (χ3v) is 9.49. The number of sulfonamides is 1. The number of fused-ring (bicyclic) bond motifs is 1. The first-order chi connectivity index (χ1) is 17.8. The van der Waals surface area contributed by atoms with Crippen LogP contribution in [0.1, 0.15) is 37.0 Å². The summed E-state index contributed by atoms with van der Waals surface area (Å²) < 4.78 is 45.8. The Hall–Kier alpha value is -2.57. The molecule has 1 aromatic heterocycles. The molecule has 198 valence electrons. The van der Waals surface area contributed by atoms with Crippen LogP contribution >= 0.6 is 11.3 Å². The van der Waals surface area contributed by atoms with E-state index >= 15 is 0 Å². The van der Waals surface area contributed by atoms with Gasteiger partial charge in [-0.2, -0.15) is 4.31 Å². The molecule has 2 aromatic carbocycles. The fourth-order valence-corrected chi connectivity index (χ4v) is 7.41. The fraction of sp³-hybridized carbons (Fsp3) is 0.462. The highest BCUT2D eigenvalue weighted by Crippen LogP contribution is 2.35. The lowest BCUT2D eigenvalue weighted by Gasteiger charge is -2.34. The quantitative estimate of drug-likeness (QED) is 0.444. The van der Waals surface area contributed by atoms with Crippen LogP contribution in [0.15, 0.2) is 47.4 Å². The van der Waals surface area contributed by atoms with E-state index in [4.69, 9.17) is 19.2 Å². The Morgan fingerprint density at radius 2 is 1.89 bits per heavy atom. The molecule has 3 aromatic rings. The monoisotopic (exact) mass is 545 g/mol. The van der Waals surface area contributed by atoms with E-state index < -0.39 is 10.0 Å². The van der Waals surface area contributed by atoms with E-state index in [2.05, 4.69) is 0 Å². The zero-order valence-electron chi connectivity index (χ0n) is 21.1. The van der Waals surface area contributed by atoms with Crippen molar-refractivity contribution in [2.24, 2.45) is 0 Å². The first-order valence-corrected chi connectivity index (χ1v) is 14.6. The molecule has 5 rings (SSSR count). The predicted molar refractivity (Wildman–Crippen MR) is 142 cm³/mol. The molecule has 0 spiro atoms. The Labute approximate surface area is 221 Å². The number of aromatic nitrogens is 1. The summed E-state index contributed by atoms with van der Waals surface area (Å²) in [6.07, 6.45) is 1.37. The number of methoxy groups -OCH3 is 1. The number of para-hydroxylation sites is 1. The lowest BCUT2D eigenvalue weighted by atomic mass is 10.2. The Kier molecular flexibility index (Phi) is 7.51. The number of morpholine rings is 1. The minimum Gasteiger partial charge on any atom is -0.494 e. The molecule has 1 amide bonds. The Balaban J connectivity index is 1.43. The lowest BCUT2D eigenvalue weighted by molar-refractivity contribution is -0.0440. The van der Waals surface area contributed by atoms with Gasteiger partial charge in [0.05, 0.1) is 41.6 Å². The largest absolute Gasteiger partial charge is 0.494 e. The molecule has 2 aliphatic rings. The molecule has 2 aliphatic heterocycles. The van der Waals surface area contributed by atoms with Gasteiger partial charge in [-0.15, -0.1) is 0 Å². The van der Waals surface area contributed by atoms with Gasteiger partial charge in [-0.05, 0) is 63.1 Å². The molecule has 0 N–H and O–H groups in total. The maximum absolute atomic E-state index is 13.7. The summed E-state index contributed by atoms with van der Waals surface area (Å²) in [5.74, 6) is 0.386. The maximum Gasteiger partial charge on any atom is 0.260 e. The summed E-state index contributed by atoms with van der Waals surface area (Å²) >= 11 is 1.41. The third kappa shape index (κ3) is 5.37. The zero-order chi connectivity index (χ0) is 26.2. The molecule has 0 radical (unpaired) electrons. The van der Waals surface area contributed by atoms with Gasteiger partial charge in [-0.1, -0.05) is 17.4 Å². The zero-order valence-corrected chi connectivity index (χ0v) is 22.8. The first-order valence-electron chi connectivity index (χ1n) is 12.4. The van der Waals surface area contributed by atoms with Crippen LogP contribution in [0.2, 0.25) is 0 Å². The highest BCUT2D eigenvalue weighted by atomic mass is 32.2. The number of anilines is 1. The molecule has 9 nitrogen and oxygen atoms in total. The molecule has 37 heavy (non-hydrogen) atoms. The standard InChI is InChI=1S/C26H31N3O6S2/c1-17-14-28(15-18(2)35-17)37(31,32)21-11-9-19(10-12-21)25(30)29(16-20-6-5-13-34-20)26-27-24-22(33-3)7-4-8-23(24)36-26/h4,7-12,17-18,20H,5-6,13-16H2,1-3H3. The van der Waals surface area contributed by atoms with Crippen molar-refractivity contribution in [1.29, 1.82) is 0 Å². The van der Waals surface area contributed by atoms with Gasteiger partial charge in [0.1, 0.15) is 11.3 Å². The number of hydrogen-bond acceptors (Lipinski definition) is 8. The Bertz CT molecular complexity index is 1360. The van der Waals surface area contributed by atoms with E-state index in [0.29, 0.717) is 48.2 Å². The molecule has 2 fully saturated rings. The van der Waals surface area contributed by atoms with E-state index in [-0.39, 0.29) is 29.1 Å². The van der Waals surface area contributed by atoms with Crippen LogP contribution in [-0.2, 0) is 19.5 Å². The Morgan fingerprint density at radius 1 is 1.16 bits per heavy atom. The number of nitrogens with zero attached hydrogens (tertiary/aromatic N) is 3. The Morgan fingerprint density at radius 3 is 2.54 bits per heavy atom. The smallest absolute Gasteiger partial charge is 0.260 e. The summed E-state index contributed by atoms with van der Waals surface area (Å²) in [6.45, 7) is 5.35. The van der Waals surface area contributed by atoms with Crippen molar-refractivity contribution >= 4 is 42.6 Å².